The van der Waals surface area contributed by atoms with Gasteiger partial charge in [-0.3, -0.25) is 4.72 Å². The van der Waals surface area contributed by atoms with Crippen molar-refractivity contribution in [1.29, 1.82) is 0 Å². The Hall–Kier alpha value is -1.93. The molecule has 9 heteroatoms. The van der Waals surface area contributed by atoms with Gasteiger partial charge in [-0.15, -0.1) is 0 Å². The van der Waals surface area contributed by atoms with E-state index in [1.54, 1.807) is 0 Å². The van der Waals surface area contributed by atoms with Crippen molar-refractivity contribution in [3.8, 4) is 0 Å². The van der Waals surface area contributed by atoms with Gasteiger partial charge in [0, 0.05) is 6.07 Å². The summed E-state index contributed by atoms with van der Waals surface area (Å²) >= 11 is 5.51. The second-order valence-electron chi connectivity index (χ2n) is 4.01. The Balaban J connectivity index is 2.48. The third kappa shape index (κ3) is 3.06. The molecular weight excluding hydrogens is 329 g/mol. The minimum atomic E-state index is -4.49. The van der Waals surface area contributed by atoms with Crippen LogP contribution in [0.5, 0.6) is 0 Å². The molecule has 0 heterocycles. The van der Waals surface area contributed by atoms with E-state index in [9.17, 15) is 21.6 Å². The lowest BCUT2D eigenvalue weighted by molar-refractivity contribution is 0.552. The minimum absolute atomic E-state index is 0.311. The zero-order valence-electron chi connectivity index (χ0n) is 10.2. The van der Waals surface area contributed by atoms with E-state index in [1.165, 1.54) is 12.1 Å². The van der Waals surface area contributed by atoms with Crippen molar-refractivity contribution >= 4 is 33.0 Å². The van der Waals surface area contributed by atoms with Crippen LogP contribution in [0.3, 0.4) is 0 Å². The Morgan fingerprint density at radius 3 is 2.43 bits per heavy atom. The second-order valence-corrected chi connectivity index (χ2v) is 6.07. The summed E-state index contributed by atoms with van der Waals surface area (Å²) in [5, 5.41) is -0.311. The zero-order chi connectivity index (χ0) is 15.8. The molecule has 0 unspecified atom stereocenters. The van der Waals surface area contributed by atoms with Gasteiger partial charge >= 0.3 is 0 Å². The van der Waals surface area contributed by atoms with Crippen molar-refractivity contribution in [2.24, 2.45) is 0 Å². The van der Waals surface area contributed by atoms with Crippen molar-refractivity contribution < 1.29 is 21.6 Å². The van der Waals surface area contributed by atoms with Gasteiger partial charge in [-0.05, 0) is 18.2 Å². The predicted octanol–water partition coefficient (Wildman–Crippen LogP) is 3.14. The normalized spacial score (nSPS) is 11.4. The van der Waals surface area contributed by atoms with E-state index in [0.717, 1.165) is 6.07 Å². The third-order valence-corrected chi connectivity index (χ3v) is 4.21. The minimum Gasteiger partial charge on any atom is -0.396 e. The second kappa shape index (κ2) is 5.45. The number of rotatable bonds is 3. The van der Waals surface area contributed by atoms with Gasteiger partial charge in [0.05, 0.1) is 16.4 Å². The van der Waals surface area contributed by atoms with Crippen molar-refractivity contribution in [3.63, 3.8) is 0 Å². The van der Waals surface area contributed by atoms with E-state index in [0.29, 0.717) is 12.1 Å². The maximum atomic E-state index is 13.7. The predicted molar refractivity (Wildman–Crippen MR) is 73.0 cm³/mol. The molecule has 112 valence electrons. The average Bonchev–Trinajstić information content (AvgIpc) is 2.39. The fourth-order valence-electron chi connectivity index (χ4n) is 1.53. The summed E-state index contributed by atoms with van der Waals surface area (Å²) in [4.78, 5) is -0.902. The molecule has 0 aliphatic carbocycles. The summed E-state index contributed by atoms with van der Waals surface area (Å²) < 4.78 is 66.1. The highest BCUT2D eigenvalue weighted by molar-refractivity contribution is 7.92. The largest absolute Gasteiger partial charge is 0.396 e. The quantitative estimate of drug-likeness (QED) is 0.846. The lowest BCUT2D eigenvalue weighted by Crippen LogP contribution is -2.16. The van der Waals surface area contributed by atoms with E-state index in [-0.39, 0.29) is 5.02 Å². The van der Waals surface area contributed by atoms with Crippen LogP contribution in [-0.2, 0) is 10.0 Å². The molecule has 0 aliphatic rings. The van der Waals surface area contributed by atoms with Gasteiger partial charge in [-0.25, -0.2) is 21.6 Å². The number of sulfonamides is 1. The van der Waals surface area contributed by atoms with E-state index in [2.05, 4.69) is 0 Å². The van der Waals surface area contributed by atoms with Gasteiger partial charge in [0.1, 0.15) is 16.5 Å². The number of nitrogen functional groups attached to an aromatic ring is 1. The van der Waals surface area contributed by atoms with E-state index in [1.807, 2.05) is 4.72 Å². The van der Waals surface area contributed by atoms with Gasteiger partial charge in [0.25, 0.3) is 10.0 Å². The summed E-state index contributed by atoms with van der Waals surface area (Å²) in [5.74, 6) is -3.46. The smallest absolute Gasteiger partial charge is 0.264 e. The Morgan fingerprint density at radius 2 is 1.76 bits per heavy atom. The summed E-state index contributed by atoms with van der Waals surface area (Å²) in [7, 11) is -4.49. The van der Waals surface area contributed by atoms with Crippen LogP contribution in [0.25, 0.3) is 0 Å². The van der Waals surface area contributed by atoms with Gasteiger partial charge in [-0.1, -0.05) is 17.7 Å². The monoisotopic (exact) mass is 336 g/mol. The fourth-order valence-corrected chi connectivity index (χ4v) is 2.86. The Kier molecular flexibility index (Phi) is 4.02. The summed E-state index contributed by atoms with van der Waals surface area (Å²) in [6, 6.07) is 4.56. The summed E-state index contributed by atoms with van der Waals surface area (Å²) in [6.07, 6.45) is 0. The molecule has 4 nitrogen and oxygen atoms in total. The molecule has 2 aromatic rings. The zero-order valence-corrected chi connectivity index (χ0v) is 11.8. The lowest BCUT2D eigenvalue weighted by Gasteiger charge is -2.11. The Morgan fingerprint density at radius 1 is 1.10 bits per heavy atom. The maximum absolute atomic E-state index is 13.7. The molecule has 2 rings (SSSR count). The first-order valence-electron chi connectivity index (χ1n) is 5.43. The van der Waals surface area contributed by atoms with Crippen LogP contribution >= 0.6 is 11.6 Å². The standard InChI is InChI=1S/C12H8ClF3N2O2S/c13-6-2-1-3-10(12(6)16)18-21(19,20)11-5-9(17)7(14)4-8(11)15/h1-5,18H,17H2. The molecule has 0 radical (unpaired) electrons. The van der Waals surface area contributed by atoms with Crippen molar-refractivity contribution in [1.82, 2.24) is 0 Å². The van der Waals surface area contributed by atoms with Crippen LogP contribution < -0.4 is 10.5 Å². The van der Waals surface area contributed by atoms with Crippen LogP contribution in [0, 0.1) is 17.5 Å². The number of nitrogens with two attached hydrogens (primary N) is 1. The van der Waals surface area contributed by atoms with Crippen LogP contribution in [0.4, 0.5) is 24.5 Å². The SMILES string of the molecule is Nc1cc(S(=O)(=O)Nc2cccc(Cl)c2F)c(F)cc1F. The van der Waals surface area contributed by atoms with Gasteiger partial charge in [0.15, 0.2) is 5.82 Å². The highest BCUT2D eigenvalue weighted by atomic mass is 35.5. The molecule has 0 saturated carbocycles. The number of nitrogens with one attached hydrogen (secondary N) is 1. The number of hydrogen-bond donors (Lipinski definition) is 2. The van der Waals surface area contributed by atoms with Crippen LogP contribution in [0.2, 0.25) is 5.02 Å². The molecule has 0 amide bonds. The molecule has 0 fully saturated rings. The van der Waals surface area contributed by atoms with Gasteiger partial charge < -0.3 is 5.73 Å². The summed E-state index contributed by atoms with van der Waals surface area (Å²) in [5.41, 5.74) is 4.18. The number of halogens is 4. The number of benzene rings is 2. The summed E-state index contributed by atoms with van der Waals surface area (Å²) in [6.45, 7) is 0. The highest BCUT2D eigenvalue weighted by Crippen LogP contribution is 2.27. The third-order valence-electron chi connectivity index (χ3n) is 2.54. The van der Waals surface area contributed by atoms with E-state index < -0.39 is 43.7 Å². The molecule has 0 aliphatic heterocycles. The molecule has 21 heavy (non-hydrogen) atoms. The first kappa shape index (κ1) is 15.5. The molecular formula is C12H8ClF3N2O2S. The molecule has 2 aromatic carbocycles. The first-order chi connectivity index (χ1) is 9.72. The molecule has 3 N–H and O–H groups in total. The number of anilines is 2. The highest BCUT2D eigenvalue weighted by Gasteiger charge is 2.23. The van der Waals surface area contributed by atoms with Crippen molar-refractivity contribution in [2.45, 2.75) is 4.90 Å². The van der Waals surface area contributed by atoms with Crippen LogP contribution in [-0.4, -0.2) is 8.42 Å². The van der Waals surface area contributed by atoms with E-state index >= 15 is 0 Å². The van der Waals surface area contributed by atoms with Crippen molar-refractivity contribution in [2.75, 3.05) is 10.5 Å². The van der Waals surface area contributed by atoms with Crippen LogP contribution in [0.15, 0.2) is 35.2 Å². The molecule has 0 saturated heterocycles. The molecule has 0 bridgehead atoms. The average molecular weight is 337 g/mol. The van der Waals surface area contributed by atoms with Crippen molar-refractivity contribution in [3.05, 3.63) is 52.8 Å². The molecule has 0 aromatic heterocycles. The first-order valence-corrected chi connectivity index (χ1v) is 7.30. The lowest BCUT2D eigenvalue weighted by atomic mass is 10.3. The fraction of sp³-hybridized carbons (Fsp3) is 0. The maximum Gasteiger partial charge on any atom is 0.264 e. The van der Waals surface area contributed by atoms with Gasteiger partial charge in [-0.2, -0.15) is 0 Å². The number of hydrogen-bond acceptors (Lipinski definition) is 3. The van der Waals surface area contributed by atoms with Crippen LogP contribution in [0.1, 0.15) is 0 Å². The molecule has 0 atom stereocenters. The molecule has 0 spiro atoms. The Bertz CT molecular complexity index is 812. The topological polar surface area (TPSA) is 72.2 Å². The van der Waals surface area contributed by atoms with E-state index in [4.69, 9.17) is 17.3 Å². The van der Waals surface area contributed by atoms with Gasteiger partial charge in [0.2, 0.25) is 0 Å². The Labute approximate surface area is 123 Å².